The SMILES string of the molecule is CC(C)C[C@H](NC(=O)[C@H](Cc1ccc(O)cc1)NC(=O)[C@H](CO)NC(=O)[C@H](CO)NC(=O)[C@@H](NC(=O)[C@H](CC(=O)O)NC(=O)[C@H](CO)NC(=O)[C@@H](NC(=O)[C@@H](N)Cc1ccccc1)[C@@H](C)O)C(C)C)C(=O)N[C@@H](CCC(=O)O)C(=O)NCC(=O)O. The molecule has 470 valence electrons. The van der Waals surface area contributed by atoms with Crippen molar-refractivity contribution in [3.05, 3.63) is 65.7 Å². The van der Waals surface area contributed by atoms with E-state index >= 15 is 0 Å². The van der Waals surface area contributed by atoms with Crippen LogP contribution in [0.1, 0.15) is 71.4 Å². The second-order valence-electron chi connectivity index (χ2n) is 20.4. The zero-order valence-corrected chi connectivity index (χ0v) is 47.2. The molecule has 32 nitrogen and oxygen atoms in total. The molecule has 0 bridgehead atoms. The molecule has 0 unspecified atom stereocenters. The number of benzene rings is 2. The van der Waals surface area contributed by atoms with Gasteiger partial charge in [0.2, 0.25) is 59.1 Å². The third kappa shape index (κ3) is 25.7. The molecule has 0 radical (unpaired) electrons. The van der Waals surface area contributed by atoms with Crippen molar-refractivity contribution in [1.82, 2.24) is 53.2 Å². The van der Waals surface area contributed by atoms with E-state index in [0.29, 0.717) is 11.1 Å². The maximum atomic E-state index is 14.1. The van der Waals surface area contributed by atoms with E-state index in [2.05, 4.69) is 47.9 Å². The molecule has 0 aliphatic heterocycles. The number of aliphatic carboxylic acids is 3. The third-order valence-electron chi connectivity index (χ3n) is 12.4. The Morgan fingerprint density at radius 1 is 0.447 bits per heavy atom. The largest absolute Gasteiger partial charge is 0.508 e. The van der Waals surface area contributed by atoms with Gasteiger partial charge in [0.25, 0.3) is 0 Å². The summed E-state index contributed by atoms with van der Waals surface area (Å²) in [5, 5.41) is 101. The standard InChI is InChI=1S/C53H77N11O21/c1-25(2)17-33(46(78)56-32(15-16-39(70)71)45(77)55-21-41(74)75)57-47(79)34(19-29-11-13-30(69)14-12-29)58-49(81)36(22-65)60-51(83)38(24-67)61-52(84)42(26(3)4)63-48(80)35(20-40(72)73)59-50(82)37(23-66)62-53(85)43(27(5)68)64-44(76)31(54)18-28-9-7-6-8-10-28/h6-14,25-27,31-38,42-43,65-69H,15-24,54H2,1-5H3,(H,55,77)(H,56,78)(H,57,79)(H,58,81)(H,59,82)(H,60,83)(H,61,84)(H,62,85)(H,63,80)(H,64,76)(H,70,71)(H,72,73)(H,74,75)/t27-,31+,32+,33+,34+,35+,36+,37+,38+,42+,43+/m1/s1. The molecule has 10 amide bonds. The summed E-state index contributed by atoms with van der Waals surface area (Å²) in [5.74, 6) is -17.5. The van der Waals surface area contributed by atoms with E-state index in [4.69, 9.17) is 10.8 Å². The van der Waals surface area contributed by atoms with Gasteiger partial charge in [0.15, 0.2) is 0 Å². The number of nitrogens with one attached hydrogen (secondary N) is 10. The molecular weight excluding hydrogens is 1130 g/mol. The summed E-state index contributed by atoms with van der Waals surface area (Å²) in [5.41, 5.74) is 7.00. The molecule has 0 fully saturated rings. The Hall–Kier alpha value is -8.85. The van der Waals surface area contributed by atoms with Crippen molar-refractivity contribution in [3.8, 4) is 5.75 Å². The second kappa shape index (κ2) is 36.0. The van der Waals surface area contributed by atoms with E-state index in [1.54, 1.807) is 44.2 Å². The Morgan fingerprint density at radius 2 is 0.871 bits per heavy atom. The number of phenols is 1. The summed E-state index contributed by atoms with van der Waals surface area (Å²) in [6.07, 6.45) is -4.30. The van der Waals surface area contributed by atoms with Gasteiger partial charge in [0, 0.05) is 12.8 Å². The lowest BCUT2D eigenvalue weighted by molar-refractivity contribution is -0.142. The topological polar surface area (TPSA) is 530 Å². The van der Waals surface area contributed by atoms with Gasteiger partial charge >= 0.3 is 17.9 Å². The van der Waals surface area contributed by atoms with Gasteiger partial charge in [-0.2, -0.15) is 0 Å². The first-order chi connectivity index (χ1) is 39.9. The van der Waals surface area contributed by atoms with Gasteiger partial charge in [-0.05, 0) is 61.3 Å². The highest BCUT2D eigenvalue weighted by molar-refractivity contribution is 5.99. The highest BCUT2D eigenvalue weighted by Gasteiger charge is 2.37. The van der Waals surface area contributed by atoms with Crippen LogP contribution in [0.5, 0.6) is 5.75 Å². The maximum Gasteiger partial charge on any atom is 0.322 e. The number of phenolic OH excluding ortho intramolecular Hbond substituents is 1. The molecule has 32 heteroatoms. The lowest BCUT2D eigenvalue weighted by atomic mass is 10.00. The van der Waals surface area contributed by atoms with E-state index in [-0.39, 0.29) is 30.9 Å². The van der Waals surface area contributed by atoms with Crippen LogP contribution in [-0.2, 0) is 75.2 Å². The molecule has 2 aromatic carbocycles. The fourth-order valence-corrected chi connectivity index (χ4v) is 7.87. The average Bonchev–Trinajstić information content (AvgIpc) is 3.48. The predicted molar refractivity (Wildman–Crippen MR) is 294 cm³/mol. The smallest absolute Gasteiger partial charge is 0.322 e. The molecule has 0 saturated heterocycles. The van der Waals surface area contributed by atoms with Crippen molar-refractivity contribution in [1.29, 1.82) is 0 Å². The quantitative estimate of drug-likeness (QED) is 0.0299. The lowest BCUT2D eigenvalue weighted by Gasteiger charge is -2.28. The van der Waals surface area contributed by atoms with Crippen LogP contribution in [0.4, 0.5) is 0 Å². The van der Waals surface area contributed by atoms with Crippen molar-refractivity contribution in [2.75, 3.05) is 26.4 Å². The van der Waals surface area contributed by atoms with Crippen molar-refractivity contribution in [2.45, 2.75) is 140 Å². The van der Waals surface area contributed by atoms with Crippen LogP contribution in [0.3, 0.4) is 0 Å². The number of carbonyl (C=O) groups excluding carboxylic acids is 10. The first-order valence-electron chi connectivity index (χ1n) is 26.7. The van der Waals surface area contributed by atoms with Crippen molar-refractivity contribution >= 4 is 77.0 Å². The molecule has 2 rings (SSSR count). The fourth-order valence-electron chi connectivity index (χ4n) is 7.87. The number of nitrogens with two attached hydrogens (primary N) is 1. The molecule has 0 saturated carbocycles. The zero-order chi connectivity index (χ0) is 64.2. The zero-order valence-electron chi connectivity index (χ0n) is 47.2. The van der Waals surface area contributed by atoms with Crippen molar-refractivity contribution < 1.29 is 103 Å². The maximum absolute atomic E-state index is 14.1. The Bertz CT molecular complexity index is 2640. The van der Waals surface area contributed by atoms with Gasteiger partial charge in [0.05, 0.1) is 38.4 Å². The van der Waals surface area contributed by atoms with Gasteiger partial charge in [-0.1, -0.05) is 70.2 Å². The average molecular weight is 1200 g/mol. The monoisotopic (exact) mass is 1200 g/mol. The normalized spacial score (nSPS) is 15.0. The van der Waals surface area contributed by atoms with E-state index in [1.807, 2.05) is 5.32 Å². The number of hydrogen-bond acceptors (Lipinski definition) is 19. The van der Waals surface area contributed by atoms with Crippen LogP contribution < -0.4 is 58.9 Å². The van der Waals surface area contributed by atoms with Gasteiger partial charge < -0.3 is 99.8 Å². The third-order valence-corrected chi connectivity index (χ3v) is 12.4. The van der Waals surface area contributed by atoms with Crippen molar-refractivity contribution in [2.24, 2.45) is 17.6 Å². The number of aliphatic hydroxyl groups excluding tert-OH is 4. The van der Waals surface area contributed by atoms with E-state index in [1.165, 1.54) is 38.1 Å². The molecule has 11 atom stereocenters. The fraction of sp³-hybridized carbons (Fsp3) is 0.528. The highest BCUT2D eigenvalue weighted by Crippen LogP contribution is 2.14. The van der Waals surface area contributed by atoms with E-state index in [0.717, 1.165) is 6.92 Å². The predicted octanol–water partition coefficient (Wildman–Crippen LogP) is -6.53. The minimum absolute atomic E-state index is 0.0414. The van der Waals surface area contributed by atoms with Gasteiger partial charge in [-0.25, -0.2) is 0 Å². The summed E-state index contributed by atoms with van der Waals surface area (Å²) in [4.78, 5) is 169. The Morgan fingerprint density at radius 3 is 1.34 bits per heavy atom. The van der Waals surface area contributed by atoms with Crippen molar-refractivity contribution in [3.63, 3.8) is 0 Å². The molecule has 85 heavy (non-hydrogen) atoms. The van der Waals surface area contributed by atoms with Crippen LogP contribution in [0.2, 0.25) is 0 Å². The number of carboxylic acids is 3. The van der Waals surface area contributed by atoms with E-state index < -0.39 is 195 Å². The molecule has 0 spiro atoms. The number of aliphatic hydroxyl groups is 4. The number of amides is 10. The summed E-state index contributed by atoms with van der Waals surface area (Å²) in [7, 11) is 0. The van der Waals surface area contributed by atoms with Gasteiger partial charge in [-0.15, -0.1) is 0 Å². The Labute approximate surface area is 487 Å². The number of aromatic hydroxyl groups is 1. The highest BCUT2D eigenvalue weighted by atomic mass is 16.4. The van der Waals surface area contributed by atoms with E-state index in [9.17, 15) is 98.1 Å². The summed E-state index contributed by atoms with van der Waals surface area (Å²) in [6, 6.07) is -3.37. The first kappa shape index (κ1) is 72.3. The Balaban J connectivity index is 2.29. The second-order valence-corrected chi connectivity index (χ2v) is 20.4. The summed E-state index contributed by atoms with van der Waals surface area (Å²) < 4.78 is 0. The minimum Gasteiger partial charge on any atom is -0.508 e. The lowest BCUT2D eigenvalue weighted by Crippen LogP contribution is -2.63. The number of carboxylic acid groups (broad SMARTS) is 3. The van der Waals surface area contributed by atoms with Crippen LogP contribution in [0.25, 0.3) is 0 Å². The number of carbonyl (C=O) groups is 13. The first-order valence-corrected chi connectivity index (χ1v) is 26.7. The Kier molecular flexibility index (Phi) is 30.6. The van der Waals surface area contributed by atoms with Gasteiger partial charge in [-0.3, -0.25) is 62.3 Å². The molecule has 0 heterocycles. The number of hydrogen-bond donors (Lipinski definition) is 19. The van der Waals surface area contributed by atoms with Crippen LogP contribution in [0, 0.1) is 11.8 Å². The summed E-state index contributed by atoms with van der Waals surface area (Å²) >= 11 is 0. The van der Waals surface area contributed by atoms with Crippen LogP contribution in [-0.4, -0.2) is 211 Å². The molecule has 20 N–H and O–H groups in total. The van der Waals surface area contributed by atoms with Gasteiger partial charge in [0.1, 0.15) is 66.7 Å². The molecule has 0 aliphatic rings. The minimum atomic E-state index is -2.03. The molecular formula is C53H77N11O21. The summed E-state index contributed by atoms with van der Waals surface area (Å²) in [6.45, 7) is 2.84. The molecule has 2 aromatic rings. The van der Waals surface area contributed by atoms with Crippen LogP contribution >= 0.6 is 0 Å². The molecule has 0 aliphatic carbocycles. The van der Waals surface area contributed by atoms with Crippen LogP contribution in [0.15, 0.2) is 54.6 Å². The molecule has 0 aromatic heterocycles. The number of rotatable bonds is 37.